The maximum atomic E-state index is 12.8. The maximum absolute atomic E-state index is 12.8. The van der Waals surface area contributed by atoms with E-state index in [-0.39, 0.29) is 17.6 Å². The molecule has 154 valence electrons. The summed E-state index contributed by atoms with van der Waals surface area (Å²) in [7, 11) is 0. The van der Waals surface area contributed by atoms with E-state index in [0.29, 0.717) is 13.0 Å². The van der Waals surface area contributed by atoms with Gasteiger partial charge in [0.1, 0.15) is 12.4 Å². The number of hydrogen-bond donors (Lipinski definition) is 1. The van der Waals surface area contributed by atoms with E-state index in [1.165, 1.54) is 0 Å². The highest BCUT2D eigenvalue weighted by atomic mass is 16.5. The maximum Gasteiger partial charge on any atom is 0.241 e. The Morgan fingerprint density at radius 1 is 1.10 bits per heavy atom. The van der Waals surface area contributed by atoms with Crippen LogP contribution in [0.4, 0.5) is 0 Å². The van der Waals surface area contributed by atoms with Crippen LogP contribution in [0.5, 0.6) is 5.75 Å². The third-order valence-electron chi connectivity index (χ3n) is 5.49. The van der Waals surface area contributed by atoms with Crippen LogP contribution < -0.4 is 10.1 Å². The molecule has 1 N–H and O–H groups in total. The first-order valence-electron chi connectivity index (χ1n) is 10.4. The Labute approximate surface area is 174 Å². The Morgan fingerprint density at radius 2 is 1.76 bits per heavy atom. The fraction of sp³-hybridized carbons (Fsp3) is 0.400. The third-order valence-corrected chi connectivity index (χ3v) is 5.49. The summed E-state index contributed by atoms with van der Waals surface area (Å²) in [5.41, 5.74) is 3.06. The molecule has 0 spiro atoms. The van der Waals surface area contributed by atoms with E-state index in [1.54, 1.807) is 0 Å². The predicted molar refractivity (Wildman–Crippen MR) is 119 cm³/mol. The molecule has 0 saturated carbocycles. The normalized spacial score (nSPS) is 18.1. The topological polar surface area (TPSA) is 41.6 Å². The van der Waals surface area contributed by atoms with Crippen molar-refractivity contribution in [2.45, 2.75) is 58.3 Å². The van der Waals surface area contributed by atoms with Gasteiger partial charge in [-0.1, -0.05) is 62.4 Å². The first kappa shape index (κ1) is 21.1. The van der Waals surface area contributed by atoms with E-state index in [0.717, 1.165) is 41.8 Å². The van der Waals surface area contributed by atoms with Crippen molar-refractivity contribution >= 4 is 12.0 Å². The van der Waals surface area contributed by atoms with Gasteiger partial charge in [0.05, 0.1) is 11.7 Å². The predicted octanol–water partition coefficient (Wildman–Crippen LogP) is 4.79. The summed E-state index contributed by atoms with van der Waals surface area (Å²) in [5.74, 6) is 1.03. The van der Waals surface area contributed by atoms with Crippen LogP contribution in [0.25, 0.3) is 6.08 Å². The molecule has 1 fully saturated rings. The Bertz CT molecular complexity index is 825. The highest BCUT2D eigenvalue weighted by molar-refractivity contribution is 5.85. The van der Waals surface area contributed by atoms with E-state index < -0.39 is 0 Å². The Balaban J connectivity index is 1.56. The number of rotatable bonds is 9. The van der Waals surface area contributed by atoms with Gasteiger partial charge < -0.3 is 9.64 Å². The van der Waals surface area contributed by atoms with E-state index >= 15 is 0 Å². The summed E-state index contributed by atoms with van der Waals surface area (Å²) in [6.45, 7) is 11.4. The molecule has 1 aliphatic rings. The standard InChI is InChI=1S/C25H32N2O2/c1-5-7-16-27-24(28)23(26-25(27,3)4)17-20-12-14-22(15-13-20)29-18-21-10-8-19(6-2)9-11-21/h6,8-15,23,26H,2,5,7,16-18H2,1,3-4H3/t23-/m1/s1. The second-order valence-electron chi connectivity index (χ2n) is 8.18. The van der Waals surface area contributed by atoms with Crippen molar-refractivity contribution < 1.29 is 9.53 Å². The number of benzene rings is 2. The smallest absolute Gasteiger partial charge is 0.241 e. The van der Waals surface area contributed by atoms with Crippen molar-refractivity contribution in [2.75, 3.05) is 6.54 Å². The third kappa shape index (κ3) is 5.27. The summed E-state index contributed by atoms with van der Waals surface area (Å²) in [4.78, 5) is 14.8. The van der Waals surface area contributed by atoms with Crippen LogP contribution >= 0.6 is 0 Å². The van der Waals surface area contributed by atoms with Crippen LogP contribution in [0.15, 0.2) is 55.1 Å². The van der Waals surface area contributed by atoms with Crippen molar-refractivity contribution in [1.82, 2.24) is 10.2 Å². The van der Waals surface area contributed by atoms with Gasteiger partial charge in [-0.25, -0.2) is 0 Å². The molecule has 2 aromatic carbocycles. The van der Waals surface area contributed by atoms with Gasteiger partial charge in [0.15, 0.2) is 0 Å². The van der Waals surface area contributed by atoms with Gasteiger partial charge in [-0.3, -0.25) is 10.1 Å². The fourth-order valence-corrected chi connectivity index (χ4v) is 3.75. The van der Waals surface area contributed by atoms with Crippen LogP contribution in [0.2, 0.25) is 0 Å². The molecule has 0 unspecified atom stereocenters. The summed E-state index contributed by atoms with van der Waals surface area (Å²) >= 11 is 0. The first-order chi connectivity index (χ1) is 13.9. The molecular formula is C25H32N2O2. The molecule has 1 saturated heterocycles. The average molecular weight is 393 g/mol. The molecule has 4 heteroatoms. The minimum Gasteiger partial charge on any atom is -0.489 e. The van der Waals surface area contributed by atoms with E-state index in [9.17, 15) is 4.79 Å². The van der Waals surface area contributed by atoms with Crippen molar-refractivity contribution in [3.63, 3.8) is 0 Å². The summed E-state index contributed by atoms with van der Waals surface area (Å²) in [5, 5.41) is 3.50. The monoisotopic (exact) mass is 392 g/mol. The van der Waals surface area contributed by atoms with Gasteiger partial charge in [0.2, 0.25) is 5.91 Å². The lowest BCUT2D eigenvalue weighted by Gasteiger charge is -2.31. The highest BCUT2D eigenvalue weighted by Gasteiger charge is 2.43. The number of nitrogens with one attached hydrogen (secondary N) is 1. The van der Waals surface area contributed by atoms with E-state index in [2.05, 4.69) is 44.8 Å². The van der Waals surface area contributed by atoms with Gasteiger partial charge in [0, 0.05) is 6.54 Å². The SMILES string of the molecule is C=Cc1ccc(COc2ccc(C[C@H]3NC(C)(C)N(CCCC)C3=O)cc2)cc1. The number of hydrogen-bond acceptors (Lipinski definition) is 3. The molecule has 0 aliphatic carbocycles. The highest BCUT2D eigenvalue weighted by Crippen LogP contribution is 2.24. The molecule has 29 heavy (non-hydrogen) atoms. The number of nitrogens with zero attached hydrogens (tertiary/aromatic N) is 1. The second kappa shape index (κ2) is 9.27. The van der Waals surface area contributed by atoms with Gasteiger partial charge in [-0.15, -0.1) is 0 Å². The van der Waals surface area contributed by atoms with E-state index in [1.807, 2.05) is 47.4 Å². The van der Waals surface area contributed by atoms with Crippen molar-refractivity contribution in [3.05, 3.63) is 71.8 Å². The van der Waals surface area contributed by atoms with Crippen LogP contribution in [0, 0.1) is 0 Å². The number of carbonyl (C=O) groups is 1. The zero-order valence-electron chi connectivity index (χ0n) is 17.8. The average Bonchev–Trinajstić information content (AvgIpc) is 2.94. The van der Waals surface area contributed by atoms with Crippen LogP contribution in [-0.4, -0.2) is 29.1 Å². The van der Waals surface area contributed by atoms with Crippen LogP contribution in [-0.2, 0) is 17.8 Å². The lowest BCUT2D eigenvalue weighted by Crippen LogP contribution is -2.47. The number of carbonyl (C=O) groups excluding carboxylic acids is 1. The molecular weight excluding hydrogens is 360 g/mol. The summed E-state index contributed by atoms with van der Waals surface area (Å²) in [6.07, 6.45) is 4.64. The van der Waals surface area contributed by atoms with Crippen molar-refractivity contribution in [1.29, 1.82) is 0 Å². The molecule has 1 aliphatic heterocycles. The van der Waals surface area contributed by atoms with Gasteiger partial charge in [0.25, 0.3) is 0 Å². The second-order valence-corrected chi connectivity index (χ2v) is 8.18. The van der Waals surface area contributed by atoms with E-state index in [4.69, 9.17) is 4.74 Å². The van der Waals surface area contributed by atoms with Crippen LogP contribution in [0.1, 0.15) is 50.3 Å². The number of amides is 1. The van der Waals surface area contributed by atoms with Crippen molar-refractivity contribution in [2.24, 2.45) is 0 Å². The van der Waals surface area contributed by atoms with Gasteiger partial charge in [-0.05, 0) is 55.5 Å². The first-order valence-corrected chi connectivity index (χ1v) is 10.4. The Kier molecular flexibility index (Phi) is 6.75. The molecule has 1 atom stereocenters. The summed E-state index contributed by atoms with van der Waals surface area (Å²) < 4.78 is 5.89. The lowest BCUT2D eigenvalue weighted by atomic mass is 10.1. The molecule has 4 nitrogen and oxygen atoms in total. The molecule has 1 heterocycles. The van der Waals surface area contributed by atoms with Crippen LogP contribution in [0.3, 0.4) is 0 Å². The lowest BCUT2D eigenvalue weighted by molar-refractivity contribution is -0.131. The zero-order chi connectivity index (χ0) is 20.9. The van der Waals surface area contributed by atoms with Gasteiger partial charge in [-0.2, -0.15) is 0 Å². The van der Waals surface area contributed by atoms with Crippen molar-refractivity contribution in [3.8, 4) is 5.75 Å². The minimum atomic E-state index is -0.291. The number of ether oxygens (including phenoxy) is 1. The zero-order valence-corrected chi connectivity index (χ0v) is 17.8. The number of unbranched alkanes of at least 4 members (excludes halogenated alkanes) is 1. The van der Waals surface area contributed by atoms with Gasteiger partial charge >= 0.3 is 0 Å². The molecule has 2 aromatic rings. The molecule has 0 radical (unpaired) electrons. The Morgan fingerprint density at radius 3 is 2.38 bits per heavy atom. The molecule has 3 rings (SSSR count). The molecule has 0 aromatic heterocycles. The minimum absolute atomic E-state index is 0.169. The quantitative estimate of drug-likeness (QED) is 0.667. The Hall–Kier alpha value is -2.59. The largest absolute Gasteiger partial charge is 0.489 e. The summed E-state index contributed by atoms with van der Waals surface area (Å²) in [6, 6.07) is 16.1. The fourth-order valence-electron chi connectivity index (χ4n) is 3.75. The molecule has 1 amide bonds. The molecule has 0 bridgehead atoms.